The quantitative estimate of drug-likeness (QED) is 0.733. The van der Waals surface area contributed by atoms with Crippen molar-refractivity contribution in [2.75, 3.05) is 19.6 Å². The lowest BCUT2D eigenvalue weighted by molar-refractivity contribution is 0.129. The van der Waals surface area contributed by atoms with Gasteiger partial charge in [-0.1, -0.05) is 13.8 Å². The van der Waals surface area contributed by atoms with Crippen LogP contribution in [0.3, 0.4) is 0 Å². The highest BCUT2D eigenvalue weighted by molar-refractivity contribution is 4.90. The normalized spacial score (nSPS) is 26.6. The van der Waals surface area contributed by atoms with Crippen LogP contribution in [-0.2, 0) is 0 Å². The number of likely N-dealkylation sites (tertiary alicyclic amines) is 1. The zero-order chi connectivity index (χ0) is 12.3. The summed E-state index contributed by atoms with van der Waals surface area (Å²) in [5, 5.41) is 3.76. The Balaban J connectivity index is 1.88. The molecule has 0 radical (unpaired) electrons. The van der Waals surface area contributed by atoms with E-state index in [0.29, 0.717) is 5.41 Å². The molecular formula is C15H30N2. The molecule has 0 amide bonds. The predicted octanol–water partition coefficient (Wildman–Crippen LogP) is 3.03. The second-order valence-corrected chi connectivity index (χ2v) is 6.32. The Morgan fingerprint density at radius 1 is 1.18 bits per heavy atom. The van der Waals surface area contributed by atoms with Gasteiger partial charge in [0.15, 0.2) is 0 Å². The highest BCUT2D eigenvalue weighted by atomic mass is 15.2. The molecule has 1 saturated carbocycles. The molecule has 2 aliphatic rings. The molecule has 1 N–H and O–H groups in total. The first-order valence-corrected chi connectivity index (χ1v) is 7.66. The Morgan fingerprint density at radius 3 is 2.35 bits per heavy atom. The van der Waals surface area contributed by atoms with E-state index in [2.05, 4.69) is 31.0 Å². The topological polar surface area (TPSA) is 15.3 Å². The van der Waals surface area contributed by atoms with Crippen molar-refractivity contribution < 1.29 is 0 Å². The Hall–Kier alpha value is -0.0800. The first-order valence-electron chi connectivity index (χ1n) is 7.66. The molecule has 1 heterocycles. The van der Waals surface area contributed by atoms with Gasteiger partial charge in [0.25, 0.3) is 0 Å². The van der Waals surface area contributed by atoms with E-state index >= 15 is 0 Å². The zero-order valence-electron chi connectivity index (χ0n) is 12.0. The lowest BCUT2D eigenvalue weighted by Gasteiger charge is -2.37. The molecule has 0 aromatic rings. The van der Waals surface area contributed by atoms with Crippen LogP contribution >= 0.6 is 0 Å². The summed E-state index contributed by atoms with van der Waals surface area (Å²) in [5.74, 6) is 0. The Labute approximate surface area is 107 Å². The fourth-order valence-corrected chi connectivity index (χ4v) is 3.09. The van der Waals surface area contributed by atoms with Crippen LogP contribution in [0.15, 0.2) is 0 Å². The van der Waals surface area contributed by atoms with Crippen molar-refractivity contribution in [1.82, 2.24) is 10.2 Å². The van der Waals surface area contributed by atoms with Crippen molar-refractivity contribution in [1.29, 1.82) is 0 Å². The van der Waals surface area contributed by atoms with Crippen LogP contribution in [0.2, 0.25) is 0 Å². The third kappa shape index (κ3) is 3.45. The van der Waals surface area contributed by atoms with Crippen LogP contribution in [0.4, 0.5) is 0 Å². The summed E-state index contributed by atoms with van der Waals surface area (Å²) in [4.78, 5) is 2.72. The molecule has 0 bridgehead atoms. The lowest BCUT2D eigenvalue weighted by atomic mass is 9.81. The van der Waals surface area contributed by atoms with Gasteiger partial charge < -0.3 is 10.2 Å². The van der Waals surface area contributed by atoms with Crippen LogP contribution in [-0.4, -0.2) is 36.6 Å². The third-order valence-electron chi connectivity index (χ3n) is 5.07. The molecule has 0 spiro atoms. The molecule has 2 heteroatoms. The summed E-state index contributed by atoms with van der Waals surface area (Å²) >= 11 is 0. The standard InChI is InChI=1S/C15H30N2/c1-4-15(5-2,11-16-14-8-9-14)12-17-10-6-7-13(17)3/h13-14,16H,4-12H2,1-3H3. The Morgan fingerprint density at radius 2 is 1.88 bits per heavy atom. The van der Waals surface area contributed by atoms with Gasteiger partial charge in [0.2, 0.25) is 0 Å². The van der Waals surface area contributed by atoms with Crippen molar-refractivity contribution >= 4 is 0 Å². The maximum absolute atomic E-state index is 3.76. The summed E-state index contributed by atoms with van der Waals surface area (Å²) in [6.45, 7) is 11.0. The third-order valence-corrected chi connectivity index (χ3v) is 5.07. The summed E-state index contributed by atoms with van der Waals surface area (Å²) in [5.41, 5.74) is 0.515. The van der Waals surface area contributed by atoms with E-state index in [9.17, 15) is 0 Å². The zero-order valence-corrected chi connectivity index (χ0v) is 12.0. The first-order chi connectivity index (χ1) is 8.19. The van der Waals surface area contributed by atoms with E-state index in [1.807, 2.05) is 0 Å². The van der Waals surface area contributed by atoms with Gasteiger partial charge in [-0.2, -0.15) is 0 Å². The monoisotopic (exact) mass is 238 g/mol. The fourth-order valence-electron chi connectivity index (χ4n) is 3.09. The molecule has 1 atom stereocenters. The molecule has 2 nitrogen and oxygen atoms in total. The fraction of sp³-hybridized carbons (Fsp3) is 1.00. The average Bonchev–Trinajstić information content (AvgIpc) is 3.10. The molecular weight excluding hydrogens is 208 g/mol. The summed E-state index contributed by atoms with van der Waals surface area (Å²) in [6, 6.07) is 1.66. The van der Waals surface area contributed by atoms with Crippen molar-refractivity contribution in [3.63, 3.8) is 0 Å². The van der Waals surface area contributed by atoms with Crippen LogP contribution < -0.4 is 5.32 Å². The van der Waals surface area contributed by atoms with Gasteiger partial charge in [-0.3, -0.25) is 0 Å². The minimum absolute atomic E-state index is 0.515. The van der Waals surface area contributed by atoms with Gasteiger partial charge in [0.1, 0.15) is 0 Å². The van der Waals surface area contributed by atoms with Gasteiger partial charge in [0.05, 0.1) is 0 Å². The van der Waals surface area contributed by atoms with Gasteiger partial charge in [0, 0.05) is 25.2 Å². The van der Waals surface area contributed by atoms with Gasteiger partial charge >= 0.3 is 0 Å². The maximum atomic E-state index is 3.76. The molecule has 2 fully saturated rings. The van der Waals surface area contributed by atoms with Crippen molar-refractivity contribution in [2.24, 2.45) is 5.41 Å². The van der Waals surface area contributed by atoms with Crippen LogP contribution in [0.1, 0.15) is 59.3 Å². The summed E-state index contributed by atoms with van der Waals surface area (Å²) in [7, 11) is 0. The highest BCUT2D eigenvalue weighted by Gasteiger charge is 2.33. The summed E-state index contributed by atoms with van der Waals surface area (Å²) < 4.78 is 0. The number of hydrogen-bond donors (Lipinski definition) is 1. The molecule has 1 saturated heterocycles. The molecule has 100 valence electrons. The van der Waals surface area contributed by atoms with E-state index < -0.39 is 0 Å². The first kappa shape index (κ1) is 13.4. The molecule has 2 rings (SSSR count). The van der Waals surface area contributed by atoms with Crippen molar-refractivity contribution in [3.8, 4) is 0 Å². The number of nitrogens with zero attached hydrogens (tertiary/aromatic N) is 1. The molecule has 0 aromatic carbocycles. The largest absolute Gasteiger partial charge is 0.313 e. The molecule has 0 aromatic heterocycles. The van der Waals surface area contributed by atoms with E-state index in [1.165, 1.54) is 58.2 Å². The van der Waals surface area contributed by atoms with Crippen LogP contribution in [0, 0.1) is 5.41 Å². The molecule has 1 aliphatic carbocycles. The van der Waals surface area contributed by atoms with E-state index in [1.54, 1.807) is 0 Å². The maximum Gasteiger partial charge on any atom is 0.00684 e. The molecule has 17 heavy (non-hydrogen) atoms. The number of nitrogens with one attached hydrogen (secondary N) is 1. The minimum atomic E-state index is 0.515. The second kappa shape index (κ2) is 5.71. The van der Waals surface area contributed by atoms with Gasteiger partial charge in [-0.25, -0.2) is 0 Å². The van der Waals surface area contributed by atoms with Crippen molar-refractivity contribution in [2.45, 2.75) is 71.4 Å². The highest BCUT2D eigenvalue weighted by Crippen LogP contribution is 2.31. The Kier molecular flexibility index (Phi) is 4.48. The van der Waals surface area contributed by atoms with Gasteiger partial charge in [-0.05, 0) is 57.4 Å². The lowest BCUT2D eigenvalue weighted by Crippen LogP contribution is -2.45. The number of rotatable bonds is 7. The number of hydrogen-bond acceptors (Lipinski definition) is 2. The van der Waals surface area contributed by atoms with E-state index in [-0.39, 0.29) is 0 Å². The SMILES string of the molecule is CCC(CC)(CNC1CC1)CN1CCCC1C. The smallest absolute Gasteiger partial charge is 0.00684 e. The Bertz CT molecular complexity index is 231. The summed E-state index contributed by atoms with van der Waals surface area (Å²) in [6.07, 6.45) is 8.24. The minimum Gasteiger partial charge on any atom is -0.313 e. The van der Waals surface area contributed by atoms with E-state index in [4.69, 9.17) is 0 Å². The van der Waals surface area contributed by atoms with Crippen LogP contribution in [0.5, 0.6) is 0 Å². The molecule has 1 unspecified atom stereocenters. The van der Waals surface area contributed by atoms with Crippen molar-refractivity contribution in [3.05, 3.63) is 0 Å². The van der Waals surface area contributed by atoms with E-state index in [0.717, 1.165) is 12.1 Å². The average molecular weight is 238 g/mol. The van der Waals surface area contributed by atoms with Crippen LogP contribution in [0.25, 0.3) is 0 Å². The van der Waals surface area contributed by atoms with Gasteiger partial charge in [-0.15, -0.1) is 0 Å². The molecule has 1 aliphatic heterocycles. The second-order valence-electron chi connectivity index (χ2n) is 6.32. The predicted molar refractivity (Wildman–Crippen MR) is 74.3 cm³/mol.